The Balaban J connectivity index is 1.61. The van der Waals surface area contributed by atoms with Crippen LogP contribution >= 0.6 is 0 Å². The van der Waals surface area contributed by atoms with Crippen LogP contribution in [0, 0.1) is 20.9 Å². The van der Waals surface area contributed by atoms with E-state index in [-0.39, 0.29) is 13.6 Å². The van der Waals surface area contributed by atoms with Crippen LogP contribution in [-0.4, -0.2) is 27.8 Å². The van der Waals surface area contributed by atoms with E-state index in [0.717, 1.165) is 22.6 Å². The van der Waals surface area contributed by atoms with Crippen molar-refractivity contribution in [2.75, 3.05) is 27.8 Å². The molecule has 0 radical (unpaired) electrons. The Hall–Kier alpha value is -3.60. The molecular weight excluding hydrogens is 400 g/mol. The molecule has 5 rings (SSSR count). The molecule has 0 amide bonds. The molecule has 32 heavy (non-hydrogen) atoms. The van der Waals surface area contributed by atoms with E-state index in [1.165, 1.54) is 32.0 Å². The number of methoxy groups -OCH3 is 2. The van der Waals surface area contributed by atoms with E-state index in [1.807, 2.05) is 24.3 Å². The number of hydrogen-bond donors (Lipinski definition) is 0. The zero-order valence-electron chi connectivity index (χ0n) is 18.1. The van der Waals surface area contributed by atoms with E-state index in [9.17, 15) is 0 Å². The number of benzene rings is 4. The minimum Gasteiger partial charge on any atom is -0.468 e. The average molecular weight is 424 g/mol. The van der Waals surface area contributed by atoms with Crippen LogP contribution < -0.4 is 9.47 Å². The van der Waals surface area contributed by atoms with Crippen molar-refractivity contribution in [3.63, 3.8) is 0 Å². The summed E-state index contributed by atoms with van der Waals surface area (Å²) < 4.78 is 21.1. The number of fused-ring (bicyclic) bond motifs is 2. The fourth-order valence-electron chi connectivity index (χ4n) is 4.23. The second kappa shape index (κ2) is 8.87. The van der Waals surface area contributed by atoms with E-state index in [2.05, 4.69) is 60.7 Å². The van der Waals surface area contributed by atoms with E-state index >= 15 is 0 Å². The minimum absolute atomic E-state index is 0.242. The van der Waals surface area contributed by atoms with Crippen molar-refractivity contribution >= 4 is 0 Å². The molecule has 4 aromatic rings. The van der Waals surface area contributed by atoms with Crippen LogP contribution in [0.15, 0.2) is 84.9 Å². The van der Waals surface area contributed by atoms with Crippen LogP contribution in [0.5, 0.6) is 11.5 Å². The molecule has 4 aromatic carbocycles. The molecule has 1 aliphatic carbocycles. The lowest BCUT2D eigenvalue weighted by atomic mass is 9.89. The van der Waals surface area contributed by atoms with Gasteiger partial charge in [0, 0.05) is 14.2 Å². The molecule has 0 spiro atoms. The lowest BCUT2D eigenvalue weighted by Crippen LogP contribution is -1.99. The van der Waals surface area contributed by atoms with E-state index in [0.29, 0.717) is 0 Å². The predicted molar refractivity (Wildman–Crippen MR) is 124 cm³/mol. The van der Waals surface area contributed by atoms with E-state index in [4.69, 9.17) is 18.9 Å². The summed E-state index contributed by atoms with van der Waals surface area (Å²) in [6, 6.07) is 29.4. The minimum atomic E-state index is 0.242. The second-order valence-electron chi connectivity index (χ2n) is 7.61. The zero-order chi connectivity index (χ0) is 21.9. The summed E-state index contributed by atoms with van der Waals surface area (Å²) in [4.78, 5) is 0. The van der Waals surface area contributed by atoms with Gasteiger partial charge < -0.3 is 18.9 Å². The van der Waals surface area contributed by atoms with Crippen molar-refractivity contribution in [3.05, 3.63) is 106 Å². The molecule has 0 N–H and O–H groups in total. The van der Waals surface area contributed by atoms with Crippen molar-refractivity contribution in [2.45, 2.75) is 0 Å². The number of hydrogen-bond acceptors (Lipinski definition) is 4. The van der Waals surface area contributed by atoms with Crippen LogP contribution in [0.2, 0.25) is 0 Å². The van der Waals surface area contributed by atoms with Gasteiger partial charge in [0.1, 0.15) is 11.5 Å². The van der Waals surface area contributed by atoms with Gasteiger partial charge in [0.15, 0.2) is 13.6 Å². The highest BCUT2D eigenvalue weighted by molar-refractivity contribution is 5.71. The predicted octanol–water partition coefficient (Wildman–Crippen LogP) is 5.87. The number of ether oxygens (including phenoxy) is 4. The quantitative estimate of drug-likeness (QED) is 0.292. The fourth-order valence-corrected chi connectivity index (χ4v) is 4.23. The molecule has 0 saturated heterocycles. The van der Waals surface area contributed by atoms with Gasteiger partial charge in [-0.15, -0.1) is 0 Å². The van der Waals surface area contributed by atoms with Crippen LogP contribution in [0.3, 0.4) is 0 Å². The van der Waals surface area contributed by atoms with Crippen LogP contribution in [0.4, 0.5) is 0 Å². The van der Waals surface area contributed by atoms with Gasteiger partial charge in [-0.05, 0) is 67.4 Å². The van der Waals surface area contributed by atoms with Gasteiger partial charge in [-0.1, -0.05) is 60.7 Å². The molecule has 160 valence electrons. The summed E-state index contributed by atoms with van der Waals surface area (Å²) in [5.74, 6) is 1.59. The molecule has 0 heterocycles. The maximum atomic E-state index is 5.54. The highest BCUT2D eigenvalue weighted by atomic mass is 16.7. The summed E-state index contributed by atoms with van der Waals surface area (Å²) in [6.07, 6.45) is 0. The van der Waals surface area contributed by atoms with Gasteiger partial charge in [0.05, 0.1) is 0 Å². The van der Waals surface area contributed by atoms with Crippen molar-refractivity contribution in [1.82, 2.24) is 0 Å². The van der Waals surface area contributed by atoms with Crippen molar-refractivity contribution < 1.29 is 18.9 Å². The Bertz CT molecular complexity index is 1310. The highest BCUT2D eigenvalue weighted by Gasteiger charge is 2.13. The Kier molecular flexibility index (Phi) is 5.63. The van der Waals surface area contributed by atoms with Gasteiger partial charge in [0.2, 0.25) is 0 Å². The molecule has 4 heteroatoms. The summed E-state index contributed by atoms with van der Waals surface area (Å²) in [5.41, 5.74) is 4.77. The summed E-state index contributed by atoms with van der Waals surface area (Å²) in [6.45, 7) is 0.484. The lowest BCUT2D eigenvalue weighted by Gasteiger charge is -2.15. The van der Waals surface area contributed by atoms with Crippen molar-refractivity contribution in [1.29, 1.82) is 0 Å². The van der Waals surface area contributed by atoms with Gasteiger partial charge in [0.25, 0.3) is 0 Å². The molecule has 0 aliphatic heterocycles. The Morgan fingerprint density at radius 3 is 1.28 bits per heavy atom. The van der Waals surface area contributed by atoms with Crippen molar-refractivity contribution in [3.8, 4) is 33.8 Å². The fraction of sp³-hybridized carbons (Fsp3) is 0.143. The SMILES string of the molecule is COCOc1ccc(-c2cccc3c2=c2c(-c4ccc(OCOC)cc4)cccc2=3)cc1. The zero-order valence-corrected chi connectivity index (χ0v) is 18.1. The third-order valence-electron chi connectivity index (χ3n) is 5.69. The molecule has 0 fully saturated rings. The van der Waals surface area contributed by atoms with Gasteiger partial charge in [-0.25, -0.2) is 0 Å². The maximum Gasteiger partial charge on any atom is 0.188 e. The summed E-state index contributed by atoms with van der Waals surface area (Å²) in [7, 11) is 3.24. The van der Waals surface area contributed by atoms with Crippen LogP contribution in [0.1, 0.15) is 0 Å². The summed E-state index contributed by atoms with van der Waals surface area (Å²) in [5, 5.41) is 5.17. The van der Waals surface area contributed by atoms with Gasteiger partial charge >= 0.3 is 0 Å². The molecule has 4 nitrogen and oxygen atoms in total. The van der Waals surface area contributed by atoms with E-state index < -0.39 is 0 Å². The Morgan fingerprint density at radius 1 is 0.500 bits per heavy atom. The standard InChI is InChI=1S/C28H24O4/c1-29-17-31-21-13-9-19(10-14-21)23-5-3-7-25-26-8-4-6-24(28(26)27(23)25)20-11-15-22(16-12-20)32-18-30-2/h3-16H,17-18H2,1-2H3. The lowest BCUT2D eigenvalue weighted by molar-refractivity contribution is 0.0510. The monoisotopic (exact) mass is 424 g/mol. The first-order valence-corrected chi connectivity index (χ1v) is 10.5. The Morgan fingerprint density at radius 2 is 0.906 bits per heavy atom. The smallest absolute Gasteiger partial charge is 0.188 e. The maximum absolute atomic E-state index is 5.54. The first-order valence-electron chi connectivity index (χ1n) is 10.5. The highest BCUT2D eigenvalue weighted by Crippen LogP contribution is 2.32. The molecule has 0 aromatic heterocycles. The molecular formula is C28H24O4. The molecule has 0 saturated carbocycles. The molecule has 1 aliphatic rings. The van der Waals surface area contributed by atoms with E-state index in [1.54, 1.807) is 14.2 Å². The largest absolute Gasteiger partial charge is 0.468 e. The normalized spacial score (nSPS) is 11.3. The van der Waals surface area contributed by atoms with Gasteiger partial charge in [-0.2, -0.15) is 0 Å². The van der Waals surface area contributed by atoms with Crippen LogP contribution in [0.25, 0.3) is 22.3 Å². The molecule has 0 bridgehead atoms. The Labute approximate surface area is 186 Å². The average Bonchev–Trinajstić information content (AvgIpc) is 2.84. The van der Waals surface area contributed by atoms with Crippen molar-refractivity contribution in [2.24, 2.45) is 0 Å². The molecule has 0 unspecified atom stereocenters. The topological polar surface area (TPSA) is 36.9 Å². The molecule has 0 atom stereocenters. The summed E-state index contributed by atoms with van der Waals surface area (Å²) >= 11 is 0. The van der Waals surface area contributed by atoms with Crippen LogP contribution in [-0.2, 0) is 9.47 Å². The number of rotatable bonds is 8. The first kappa shape index (κ1) is 20.3. The third-order valence-corrected chi connectivity index (χ3v) is 5.69. The second-order valence-corrected chi connectivity index (χ2v) is 7.61. The third kappa shape index (κ3) is 3.64. The van der Waals surface area contributed by atoms with Gasteiger partial charge in [-0.3, -0.25) is 0 Å². The first-order chi connectivity index (χ1) is 15.8.